The highest BCUT2D eigenvalue weighted by Gasteiger charge is 2.31. The average Bonchev–Trinajstić information content (AvgIpc) is 2.47. The van der Waals surface area contributed by atoms with Crippen molar-refractivity contribution in [1.29, 1.82) is 0 Å². The number of sulfonamides is 1. The third-order valence-electron chi connectivity index (χ3n) is 2.69. The van der Waals surface area contributed by atoms with Crippen LogP contribution in [0.2, 0.25) is 0 Å². The minimum absolute atomic E-state index is 0.108. The van der Waals surface area contributed by atoms with Crippen LogP contribution in [-0.4, -0.2) is 31.3 Å². The van der Waals surface area contributed by atoms with Gasteiger partial charge in [-0.2, -0.15) is 0 Å². The van der Waals surface area contributed by atoms with E-state index in [4.69, 9.17) is 0 Å². The highest BCUT2D eigenvalue weighted by Crippen LogP contribution is 2.23. The second-order valence-corrected chi connectivity index (χ2v) is 6.18. The predicted molar refractivity (Wildman–Crippen MR) is 74.0 cm³/mol. The van der Waals surface area contributed by atoms with Crippen molar-refractivity contribution in [2.24, 2.45) is 0 Å². The summed E-state index contributed by atoms with van der Waals surface area (Å²) in [6.07, 6.45) is 0.0408. The first kappa shape index (κ1) is 17.2. The van der Waals surface area contributed by atoms with Gasteiger partial charge in [-0.1, -0.05) is 0 Å². The van der Waals surface area contributed by atoms with Gasteiger partial charge in [0.05, 0.1) is 4.90 Å². The lowest BCUT2D eigenvalue weighted by Gasteiger charge is -2.10. The summed E-state index contributed by atoms with van der Waals surface area (Å²) in [5, 5.41) is 0. The monoisotopic (exact) mass is 347 g/mol. The molecule has 0 fully saturated rings. The zero-order valence-electron chi connectivity index (χ0n) is 11.6. The Hall–Kier alpha value is -2.20. The summed E-state index contributed by atoms with van der Waals surface area (Å²) in [7, 11) is -3.82. The van der Waals surface area contributed by atoms with Crippen molar-refractivity contribution in [3.8, 4) is 5.75 Å². The van der Waals surface area contributed by atoms with Crippen molar-refractivity contribution in [3.63, 3.8) is 0 Å². The Kier molecular flexibility index (Phi) is 5.16. The van der Waals surface area contributed by atoms with Gasteiger partial charge in [0, 0.05) is 18.9 Å². The predicted octanol–water partition coefficient (Wildman–Crippen LogP) is 1.90. The normalized spacial score (nSPS) is 12.1. The summed E-state index contributed by atoms with van der Waals surface area (Å²) in [5.74, 6) is -0.488. The minimum atomic E-state index is -4.82. The van der Waals surface area contributed by atoms with E-state index >= 15 is 0 Å². The number of nitrogens with one attached hydrogen (secondary N) is 1. The Balaban J connectivity index is 1.96. The van der Waals surface area contributed by atoms with Crippen LogP contribution in [-0.2, 0) is 16.4 Å². The Morgan fingerprint density at radius 1 is 1.09 bits per heavy atom. The van der Waals surface area contributed by atoms with E-state index in [0.717, 1.165) is 29.8 Å². The minimum Gasteiger partial charge on any atom is -0.406 e. The summed E-state index contributed by atoms with van der Waals surface area (Å²) in [6.45, 7) is 0.108. The number of alkyl halides is 3. The summed E-state index contributed by atoms with van der Waals surface area (Å²) >= 11 is 0. The summed E-state index contributed by atoms with van der Waals surface area (Å²) in [4.78, 5) is 7.45. The van der Waals surface area contributed by atoms with Crippen LogP contribution in [0.25, 0.3) is 0 Å². The first-order chi connectivity index (χ1) is 10.8. The van der Waals surface area contributed by atoms with E-state index in [2.05, 4.69) is 19.4 Å². The van der Waals surface area contributed by atoms with Gasteiger partial charge in [-0.05, 0) is 36.2 Å². The maximum atomic E-state index is 12.0. The lowest BCUT2D eigenvalue weighted by molar-refractivity contribution is -0.274. The Bertz CT molecular complexity index is 735. The number of aromatic nitrogens is 2. The molecule has 0 saturated carbocycles. The van der Waals surface area contributed by atoms with E-state index in [1.807, 2.05) is 0 Å². The molecule has 6 nitrogen and oxygen atoms in total. The van der Waals surface area contributed by atoms with Crippen molar-refractivity contribution in [2.45, 2.75) is 17.7 Å². The SMILES string of the molecule is O=S(=O)(NCCc1cncnc1)c1ccc(OC(F)(F)F)cc1. The van der Waals surface area contributed by atoms with Crippen molar-refractivity contribution < 1.29 is 26.3 Å². The van der Waals surface area contributed by atoms with Gasteiger partial charge >= 0.3 is 6.36 Å². The van der Waals surface area contributed by atoms with Crippen LogP contribution < -0.4 is 9.46 Å². The van der Waals surface area contributed by atoms with E-state index in [1.165, 1.54) is 6.33 Å². The van der Waals surface area contributed by atoms with Gasteiger partial charge in [0.25, 0.3) is 0 Å². The van der Waals surface area contributed by atoms with Gasteiger partial charge in [0.2, 0.25) is 10.0 Å². The standard InChI is InChI=1S/C13H12F3N3O3S/c14-13(15,16)22-11-1-3-12(4-2-11)23(20,21)19-6-5-10-7-17-9-18-8-10/h1-4,7-9,19H,5-6H2. The molecule has 23 heavy (non-hydrogen) atoms. The molecule has 1 aromatic heterocycles. The molecule has 2 aromatic rings. The van der Waals surface area contributed by atoms with Gasteiger partial charge in [-0.25, -0.2) is 23.1 Å². The molecule has 10 heteroatoms. The fourth-order valence-corrected chi connectivity index (χ4v) is 2.72. The van der Waals surface area contributed by atoms with E-state index in [0.29, 0.717) is 6.42 Å². The fourth-order valence-electron chi connectivity index (χ4n) is 1.69. The molecule has 0 radical (unpaired) electrons. The number of benzene rings is 1. The zero-order chi connectivity index (χ0) is 16.9. The van der Waals surface area contributed by atoms with Crippen LogP contribution in [0.5, 0.6) is 5.75 Å². The Morgan fingerprint density at radius 3 is 2.26 bits per heavy atom. The average molecular weight is 347 g/mol. The summed E-state index contributed by atoms with van der Waals surface area (Å²) in [5.41, 5.74) is 0.754. The smallest absolute Gasteiger partial charge is 0.406 e. The fraction of sp³-hybridized carbons (Fsp3) is 0.231. The van der Waals surface area contributed by atoms with E-state index in [9.17, 15) is 21.6 Å². The second kappa shape index (κ2) is 6.92. The summed E-state index contributed by atoms with van der Waals surface area (Å²) < 4.78 is 66.2. The van der Waals surface area contributed by atoms with Gasteiger partial charge in [-0.3, -0.25) is 0 Å². The van der Waals surface area contributed by atoms with Crippen molar-refractivity contribution in [1.82, 2.24) is 14.7 Å². The molecule has 2 rings (SSSR count). The molecule has 0 bridgehead atoms. The van der Waals surface area contributed by atoms with Gasteiger partial charge in [0.1, 0.15) is 12.1 Å². The lowest BCUT2D eigenvalue weighted by atomic mass is 10.2. The molecule has 0 aliphatic heterocycles. The van der Waals surface area contributed by atoms with Crippen LogP contribution in [0.15, 0.2) is 47.9 Å². The molecule has 0 aliphatic rings. The molecule has 1 N–H and O–H groups in total. The van der Waals surface area contributed by atoms with Crippen LogP contribution in [0.4, 0.5) is 13.2 Å². The first-order valence-corrected chi connectivity index (χ1v) is 7.84. The molecule has 0 amide bonds. The van der Waals surface area contributed by atoms with Gasteiger partial charge in [0.15, 0.2) is 0 Å². The van der Waals surface area contributed by atoms with Gasteiger partial charge in [-0.15, -0.1) is 13.2 Å². The number of hydrogen-bond donors (Lipinski definition) is 1. The largest absolute Gasteiger partial charge is 0.573 e. The van der Waals surface area contributed by atoms with Crippen LogP contribution in [0, 0.1) is 0 Å². The molecular weight excluding hydrogens is 335 g/mol. The number of halogens is 3. The molecule has 0 saturated heterocycles. The molecule has 1 aromatic carbocycles. The molecule has 0 unspecified atom stereocenters. The number of hydrogen-bond acceptors (Lipinski definition) is 5. The van der Waals surface area contributed by atoms with E-state index in [-0.39, 0.29) is 11.4 Å². The third-order valence-corrected chi connectivity index (χ3v) is 4.16. The first-order valence-electron chi connectivity index (χ1n) is 6.36. The van der Waals surface area contributed by atoms with Crippen LogP contribution in [0.1, 0.15) is 5.56 Å². The number of ether oxygens (including phenoxy) is 1. The van der Waals surface area contributed by atoms with Crippen molar-refractivity contribution in [2.75, 3.05) is 6.54 Å². The Labute approximate surface area is 130 Å². The zero-order valence-corrected chi connectivity index (χ0v) is 12.4. The van der Waals surface area contributed by atoms with E-state index < -0.39 is 22.1 Å². The molecule has 1 heterocycles. The van der Waals surface area contributed by atoms with Crippen LogP contribution in [0.3, 0.4) is 0 Å². The second-order valence-electron chi connectivity index (χ2n) is 4.41. The summed E-state index contributed by atoms with van der Waals surface area (Å²) in [6, 6.07) is 3.95. The Morgan fingerprint density at radius 2 is 1.70 bits per heavy atom. The molecule has 124 valence electrons. The van der Waals surface area contributed by atoms with Gasteiger partial charge < -0.3 is 4.74 Å². The number of rotatable bonds is 6. The number of nitrogens with zero attached hydrogens (tertiary/aromatic N) is 2. The molecule has 0 atom stereocenters. The highest BCUT2D eigenvalue weighted by molar-refractivity contribution is 7.89. The quantitative estimate of drug-likeness (QED) is 0.863. The molecule has 0 aliphatic carbocycles. The topological polar surface area (TPSA) is 81.2 Å². The maximum Gasteiger partial charge on any atom is 0.573 e. The van der Waals surface area contributed by atoms with E-state index in [1.54, 1.807) is 12.4 Å². The van der Waals surface area contributed by atoms with Crippen molar-refractivity contribution in [3.05, 3.63) is 48.5 Å². The third kappa shape index (κ3) is 5.49. The molecule has 0 spiro atoms. The van der Waals surface area contributed by atoms with Crippen molar-refractivity contribution >= 4 is 10.0 Å². The maximum absolute atomic E-state index is 12.0. The highest BCUT2D eigenvalue weighted by atomic mass is 32.2. The molecular formula is C13H12F3N3O3S. The lowest BCUT2D eigenvalue weighted by Crippen LogP contribution is -2.26. The van der Waals surface area contributed by atoms with Crippen LogP contribution >= 0.6 is 0 Å².